The summed E-state index contributed by atoms with van der Waals surface area (Å²) in [4.78, 5) is 13.0. The van der Waals surface area contributed by atoms with E-state index < -0.39 is 6.10 Å². The number of nitriles is 1. The van der Waals surface area contributed by atoms with E-state index in [1.165, 1.54) is 29.5 Å². The number of aliphatic hydroxyl groups is 1. The van der Waals surface area contributed by atoms with Gasteiger partial charge in [0.1, 0.15) is 5.82 Å². The quantitative estimate of drug-likeness (QED) is 0.547. The highest BCUT2D eigenvalue weighted by molar-refractivity contribution is 8.13. The highest BCUT2D eigenvalue weighted by atomic mass is 32.2. The van der Waals surface area contributed by atoms with Crippen molar-refractivity contribution in [3.8, 4) is 11.8 Å². The summed E-state index contributed by atoms with van der Waals surface area (Å²) < 4.78 is 15.3. The van der Waals surface area contributed by atoms with Crippen molar-refractivity contribution in [3.63, 3.8) is 0 Å². The Morgan fingerprint density at radius 2 is 2.00 bits per heavy atom. The van der Waals surface area contributed by atoms with E-state index in [2.05, 4.69) is 31.1 Å². The molecule has 3 saturated carbocycles. The molecule has 2 aromatic rings. The molecule has 5 nitrogen and oxygen atoms in total. The third kappa shape index (κ3) is 3.30. The maximum Gasteiger partial charge on any atom is 0.193 e. The number of hydrogen-bond donors (Lipinski definition) is 1. The smallest absolute Gasteiger partial charge is 0.193 e. The first kappa shape index (κ1) is 23.9. The van der Waals surface area contributed by atoms with Crippen LogP contribution in [0.4, 0.5) is 4.39 Å². The topological polar surface area (TPSA) is 78.9 Å². The number of aliphatic hydroxyl groups excluding tert-OH is 1. The van der Waals surface area contributed by atoms with E-state index in [0.717, 1.165) is 55.5 Å². The number of nitrogens with zero attached hydrogens (tertiary/aromatic N) is 3. The second kappa shape index (κ2) is 8.56. The van der Waals surface area contributed by atoms with Crippen LogP contribution in [0.3, 0.4) is 0 Å². The summed E-state index contributed by atoms with van der Waals surface area (Å²) in [5.41, 5.74) is 3.42. The van der Waals surface area contributed by atoms with Crippen LogP contribution in [-0.4, -0.2) is 25.8 Å². The van der Waals surface area contributed by atoms with Gasteiger partial charge in [0.15, 0.2) is 5.12 Å². The van der Waals surface area contributed by atoms with E-state index >= 15 is 0 Å². The summed E-state index contributed by atoms with van der Waals surface area (Å²) >= 11 is 1.19. The molecule has 6 rings (SSSR count). The zero-order chi connectivity index (χ0) is 25.2. The van der Waals surface area contributed by atoms with E-state index in [1.807, 2.05) is 0 Å². The normalized spacial score (nSPS) is 36.6. The summed E-state index contributed by atoms with van der Waals surface area (Å²) in [7, 11) is 0. The fraction of sp³-hybridized carbons (Fsp3) is 0.552. The Hall–Kier alpha value is -2.43. The van der Waals surface area contributed by atoms with Crippen molar-refractivity contribution in [1.82, 2.24) is 9.78 Å². The second-order valence-corrected chi connectivity index (χ2v) is 12.6. The summed E-state index contributed by atoms with van der Waals surface area (Å²) in [6, 6.07) is 8.40. The lowest BCUT2D eigenvalue weighted by Crippen LogP contribution is -2.52. The Kier molecular flexibility index (Phi) is 5.69. The van der Waals surface area contributed by atoms with Crippen LogP contribution in [0.5, 0.6) is 0 Å². The van der Waals surface area contributed by atoms with E-state index in [4.69, 9.17) is 5.26 Å². The van der Waals surface area contributed by atoms with E-state index in [0.29, 0.717) is 17.8 Å². The number of rotatable bonds is 3. The van der Waals surface area contributed by atoms with E-state index in [9.17, 15) is 14.3 Å². The Balaban J connectivity index is 1.32. The van der Waals surface area contributed by atoms with Crippen molar-refractivity contribution in [2.45, 2.75) is 58.5 Å². The minimum atomic E-state index is -0.649. The number of aromatic nitrogens is 2. The number of hydrogen-bond acceptors (Lipinski definition) is 5. The summed E-state index contributed by atoms with van der Waals surface area (Å²) in [6.45, 7) is 4.55. The number of halogens is 1. The van der Waals surface area contributed by atoms with Gasteiger partial charge in [-0.3, -0.25) is 4.79 Å². The van der Waals surface area contributed by atoms with Gasteiger partial charge in [-0.15, -0.1) is 0 Å². The van der Waals surface area contributed by atoms with Gasteiger partial charge in [0.2, 0.25) is 0 Å². The molecule has 0 aliphatic heterocycles. The summed E-state index contributed by atoms with van der Waals surface area (Å²) in [6.07, 6.45) is 9.30. The monoisotopic (exact) mass is 505 g/mol. The van der Waals surface area contributed by atoms with Crippen LogP contribution in [0.15, 0.2) is 36.0 Å². The van der Waals surface area contributed by atoms with Crippen LogP contribution in [0.2, 0.25) is 0 Å². The standard InChI is InChI=1S/C29H32FN3O2S/c1-28-12-11-23-20(22(28)9-10-24(28)27(35)36-14-13-31)8-3-17-15-25-21(26(34)29(17,23)2)16-32-33(25)19-6-4-18(30)5-7-19/h4-7,15-16,20,22-24,26,34H,3,8-12,14H2,1-2H3. The maximum absolute atomic E-state index is 13.5. The van der Waals surface area contributed by atoms with Gasteiger partial charge in [0.25, 0.3) is 0 Å². The second-order valence-electron chi connectivity index (χ2n) is 11.6. The van der Waals surface area contributed by atoms with Crippen molar-refractivity contribution in [2.24, 2.45) is 34.5 Å². The third-order valence-corrected chi connectivity index (χ3v) is 11.1. The Morgan fingerprint density at radius 1 is 1.22 bits per heavy atom. The predicted octanol–water partition coefficient (Wildman–Crippen LogP) is 6.08. The molecule has 1 N–H and O–H groups in total. The van der Waals surface area contributed by atoms with E-state index in [-0.39, 0.29) is 33.4 Å². The first-order valence-electron chi connectivity index (χ1n) is 13.1. The minimum absolute atomic E-state index is 0.0173. The lowest BCUT2D eigenvalue weighted by atomic mass is 9.46. The lowest BCUT2D eigenvalue weighted by Gasteiger charge is -2.59. The largest absolute Gasteiger partial charge is 0.387 e. The molecule has 7 unspecified atom stereocenters. The average molecular weight is 506 g/mol. The highest BCUT2D eigenvalue weighted by Crippen LogP contribution is 2.68. The zero-order valence-electron chi connectivity index (χ0n) is 20.8. The van der Waals surface area contributed by atoms with E-state index in [1.54, 1.807) is 23.0 Å². The first-order valence-corrected chi connectivity index (χ1v) is 14.0. The highest BCUT2D eigenvalue weighted by Gasteiger charge is 2.62. The van der Waals surface area contributed by atoms with Gasteiger partial charge in [0.05, 0.1) is 35.5 Å². The molecule has 0 radical (unpaired) electrons. The van der Waals surface area contributed by atoms with Gasteiger partial charge in [-0.25, -0.2) is 9.07 Å². The number of fused-ring (bicyclic) bond motifs is 6. The first-order chi connectivity index (χ1) is 17.3. The summed E-state index contributed by atoms with van der Waals surface area (Å²) in [5, 5.41) is 25.6. The molecule has 1 heterocycles. The van der Waals surface area contributed by atoms with Gasteiger partial charge in [-0.05, 0) is 92.0 Å². The van der Waals surface area contributed by atoms with Crippen molar-refractivity contribution in [2.75, 3.05) is 5.75 Å². The van der Waals surface area contributed by atoms with Crippen molar-refractivity contribution in [3.05, 3.63) is 53.1 Å². The van der Waals surface area contributed by atoms with Crippen LogP contribution in [0, 0.1) is 51.6 Å². The molecule has 1 aromatic carbocycles. The summed E-state index contributed by atoms with van der Waals surface area (Å²) in [5.74, 6) is 1.29. The Bertz CT molecular complexity index is 1280. The average Bonchev–Trinajstić information content (AvgIpc) is 3.45. The molecule has 188 valence electrons. The maximum atomic E-state index is 13.5. The van der Waals surface area contributed by atoms with Crippen molar-refractivity contribution < 1.29 is 14.3 Å². The van der Waals surface area contributed by atoms with Crippen LogP contribution in [0.25, 0.3) is 11.8 Å². The van der Waals surface area contributed by atoms with Crippen molar-refractivity contribution in [1.29, 1.82) is 5.26 Å². The number of carbonyl (C=O) groups is 1. The minimum Gasteiger partial charge on any atom is -0.387 e. The van der Waals surface area contributed by atoms with Crippen LogP contribution in [-0.2, 0) is 4.79 Å². The molecular formula is C29H32FN3O2S. The third-order valence-electron chi connectivity index (χ3n) is 10.3. The molecule has 0 bridgehead atoms. The molecule has 7 atom stereocenters. The molecule has 4 aliphatic rings. The predicted molar refractivity (Wildman–Crippen MR) is 137 cm³/mol. The molecule has 0 spiro atoms. The Morgan fingerprint density at radius 3 is 2.75 bits per heavy atom. The van der Waals surface area contributed by atoms with Crippen LogP contribution < -0.4 is 0 Å². The van der Waals surface area contributed by atoms with Crippen LogP contribution >= 0.6 is 11.8 Å². The van der Waals surface area contributed by atoms with Gasteiger partial charge in [-0.1, -0.05) is 31.2 Å². The molecule has 1 aromatic heterocycles. The van der Waals surface area contributed by atoms with Crippen molar-refractivity contribution >= 4 is 23.0 Å². The molecule has 36 heavy (non-hydrogen) atoms. The zero-order valence-corrected chi connectivity index (χ0v) is 21.6. The SMILES string of the molecule is CC12CCC3C(CCC4=Cc5c(cnn5-c5ccc(F)cc5)C(O)C43C)C1CCC2C(=O)SCC#N. The van der Waals surface area contributed by atoms with Gasteiger partial charge < -0.3 is 5.11 Å². The van der Waals surface area contributed by atoms with Crippen LogP contribution in [0.1, 0.15) is 69.7 Å². The molecule has 3 fully saturated rings. The van der Waals surface area contributed by atoms with Gasteiger partial charge in [-0.2, -0.15) is 10.4 Å². The molecular weight excluding hydrogens is 473 g/mol. The molecule has 0 amide bonds. The van der Waals surface area contributed by atoms with Gasteiger partial charge >= 0.3 is 0 Å². The number of carbonyl (C=O) groups excluding carboxylic acids is 1. The molecule has 4 aliphatic carbocycles. The lowest BCUT2D eigenvalue weighted by molar-refractivity contribution is -0.124. The fourth-order valence-corrected chi connectivity index (χ4v) is 9.26. The number of benzene rings is 1. The Labute approximate surface area is 215 Å². The number of thioether (sulfide) groups is 1. The van der Waals surface area contributed by atoms with Gasteiger partial charge in [0, 0.05) is 16.9 Å². The molecule has 0 saturated heterocycles. The fourth-order valence-electron chi connectivity index (χ4n) is 8.46. The molecule has 7 heteroatoms.